The third-order valence-electron chi connectivity index (χ3n) is 5.62. The molecule has 26 heavy (non-hydrogen) atoms. The number of amides is 1. The second-order valence-electron chi connectivity index (χ2n) is 7.48. The highest BCUT2D eigenvalue weighted by atomic mass is 19.1. The van der Waals surface area contributed by atoms with Crippen molar-refractivity contribution in [1.29, 1.82) is 0 Å². The molecule has 3 aliphatic rings. The number of likely N-dealkylation sites (tertiary alicyclic amines) is 1. The molecule has 1 aromatic rings. The van der Waals surface area contributed by atoms with Crippen LogP contribution in [0.15, 0.2) is 41.3 Å². The van der Waals surface area contributed by atoms with Gasteiger partial charge in [0, 0.05) is 31.8 Å². The molecule has 4 nitrogen and oxygen atoms in total. The molecule has 2 heterocycles. The Morgan fingerprint density at radius 2 is 1.96 bits per heavy atom. The van der Waals surface area contributed by atoms with Gasteiger partial charge in [-0.1, -0.05) is 18.2 Å². The fourth-order valence-corrected chi connectivity index (χ4v) is 4.08. The molecule has 1 saturated heterocycles. The Morgan fingerprint density at radius 1 is 1.19 bits per heavy atom. The van der Waals surface area contributed by atoms with Gasteiger partial charge in [0.25, 0.3) is 0 Å². The number of allylic oxidation sites excluding steroid dienone is 1. The average molecular weight is 359 g/mol. The summed E-state index contributed by atoms with van der Waals surface area (Å²) in [6, 6.07) is 6.75. The van der Waals surface area contributed by atoms with Gasteiger partial charge >= 0.3 is 0 Å². The Kier molecular flexibility index (Phi) is 4.74. The first-order chi connectivity index (χ1) is 12.6. The number of aliphatic imine (C=N–C) groups is 1. The molecule has 1 amide bonds. The topological polar surface area (TPSA) is 35.9 Å². The van der Waals surface area contributed by atoms with E-state index < -0.39 is 0 Å². The van der Waals surface area contributed by atoms with E-state index in [0.717, 1.165) is 38.9 Å². The van der Waals surface area contributed by atoms with Crippen molar-refractivity contribution in [1.82, 2.24) is 9.80 Å². The molecule has 0 radical (unpaired) electrons. The van der Waals surface area contributed by atoms with Gasteiger partial charge in [0.1, 0.15) is 12.5 Å². The fraction of sp³-hybridized carbons (Fsp3) is 0.500. The van der Waals surface area contributed by atoms with Crippen LogP contribution in [0.4, 0.5) is 8.78 Å². The number of carbonyl (C=O) groups is 1. The van der Waals surface area contributed by atoms with Crippen LogP contribution in [0.25, 0.3) is 0 Å². The van der Waals surface area contributed by atoms with Crippen LogP contribution >= 0.6 is 0 Å². The Balaban J connectivity index is 1.27. The largest absolute Gasteiger partial charge is 0.355 e. The minimum absolute atomic E-state index is 0.0285. The van der Waals surface area contributed by atoms with Gasteiger partial charge in [-0.3, -0.25) is 9.79 Å². The summed E-state index contributed by atoms with van der Waals surface area (Å²) in [5.41, 5.74) is 0.667. The zero-order valence-corrected chi connectivity index (χ0v) is 14.7. The molecule has 0 N–H and O–H groups in total. The van der Waals surface area contributed by atoms with Gasteiger partial charge < -0.3 is 9.80 Å². The molecule has 0 unspecified atom stereocenters. The number of rotatable bonds is 4. The summed E-state index contributed by atoms with van der Waals surface area (Å²) in [6.45, 7) is 2.73. The molecule has 138 valence electrons. The van der Waals surface area contributed by atoms with E-state index in [4.69, 9.17) is 0 Å². The molecule has 1 saturated carbocycles. The van der Waals surface area contributed by atoms with Crippen LogP contribution in [0.1, 0.15) is 30.7 Å². The SMILES string of the molecule is O=C([C@@H]1C[C@H]1c1ccccc1F)N1CCC(CN2C=C(F)C=NC2)CC1. The molecule has 1 aromatic carbocycles. The van der Waals surface area contributed by atoms with Crippen LogP contribution in [-0.2, 0) is 4.79 Å². The van der Waals surface area contributed by atoms with E-state index in [-0.39, 0.29) is 29.4 Å². The van der Waals surface area contributed by atoms with E-state index in [0.29, 0.717) is 18.2 Å². The predicted octanol–water partition coefficient (Wildman–Crippen LogP) is 3.32. The Bertz CT molecular complexity index is 740. The molecular weight excluding hydrogens is 336 g/mol. The minimum atomic E-state index is -0.309. The molecule has 1 aliphatic carbocycles. The van der Waals surface area contributed by atoms with E-state index >= 15 is 0 Å². The van der Waals surface area contributed by atoms with Crippen molar-refractivity contribution >= 4 is 12.1 Å². The first-order valence-corrected chi connectivity index (χ1v) is 9.26. The van der Waals surface area contributed by atoms with E-state index in [1.807, 2.05) is 15.9 Å². The number of carbonyl (C=O) groups excluding carboxylic acids is 1. The second kappa shape index (κ2) is 7.17. The van der Waals surface area contributed by atoms with E-state index in [9.17, 15) is 13.6 Å². The van der Waals surface area contributed by atoms with Crippen molar-refractivity contribution in [2.24, 2.45) is 16.8 Å². The van der Waals surface area contributed by atoms with Crippen LogP contribution in [0.2, 0.25) is 0 Å². The molecule has 2 aliphatic heterocycles. The number of hydrogen-bond acceptors (Lipinski definition) is 3. The number of halogens is 2. The fourth-order valence-electron chi connectivity index (χ4n) is 4.08. The molecule has 4 rings (SSSR count). The normalized spacial score (nSPS) is 26.0. The zero-order chi connectivity index (χ0) is 18.1. The first-order valence-electron chi connectivity index (χ1n) is 9.26. The third-order valence-corrected chi connectivity index (χ3v) is 5.62. The van der Waals surface area contributed by atoms with Gasteiger partial charge in [-0.2, -0.15) is 0 Å². The molecule has 6 heteroatoms. The average Bonchev–Trinajstić information content (AvgIpc) is 3.43. The second-order valence-corrected chi connectivity index (χ2v) is 7.48. The van der Waals surface area contributed by atoms with Crippen LogP contribution in [0.3, 0.4) is 0 Å². The van der Waals surface area contributed by atoms with E-state index in [1.165, 1.54) is 18.5 Å². The molecule has 0 bridgehead atoms. The molecule has 0 spiro atoms. The third kappa shape index (κ3) is 3.64. The summed E-state index contributed by atoms with van der Waals surface area (Å²) in [7, 11) is 0. The monoisotopic (exact) mass is 359 g/mol. The highest BCUT2D eigenvalue weighted by molar-refractivity contribution is 5.83. The van der Waals surface area contributed by atoms with E-state index in [2.05, 4.69) is 4.99 Å². The van der Waals surface area contributed by atoms with Crippen molar-refractivity contribution < 1.29 is 13.6 Å². The summed E-state index contributed by atoms with van der Waals surface area (Å²) in [5.74, 6) is 0.0358. The van der Waals surface area contributed by atoms with Crippen LogP contribution in [0, 0.1) is 17.7 Å². The lowest BCUT2D eigenvalue weighted by molar-refractivity contribution is -0.134. The van der Waals surface area contributed by atoms with Crippen molar-refractivity contribution in [3.63, 3.8) is 0 Å². The van der Waals surface area contributed by atoms with E-state index in [1.54, 1.807) is 12.1 Å². The first kappa shape index (κ1) is 17.2. The van der Waals surface area contributed by atoms with Crippen LogP contribution < -0.4 is 0 Å². The van der Waals surface area contributed by atoms with Crippen LogP contribution in [0.5, 0.6) is 0 Å². The maximum absolute atomic E-state index is 13.9. The minimum Gasteiger partial charge on any atom is -0.355 e. The number of nitrogens with zero attached hydrogens (tertiary/aromatic N) is 3. The molecule has 2 fully saturated rings. The zero-order valence-electron chi connectivity index (χ0n) is 14.7. The standard InChI is InChI=1S/C20H23F2N3O/c21-15-10-23-13-24(12-15)11-14-5-7-25(8-6-14)20(26)18-9-17(18)16-3-1-2-4-19(16)22/h1-4,10,12,14,17-18H,5-9,11,13H2/t17-,18+/m0/s1. The lowest BCUT2D eigenvalue weighted by Crippen LogP contribution is -2.42. The maximum atomic E-state index is 13.9. The summed E-state index contributed by atoms with van der Waals surface area (Å²) in [4.78, 5) is 20.5. The highest BCUT2D eigenvalue weighted by Crippen LogP contribution is 2.49. The quantitative estimate of drug-likeness (QED) is 0.827. The Morgan fingerprint density at radius 3 is 2.69 bits per heavy atom. The predicted molar refractivity (Wildman–Crippen MR) is 95.8 cm³/mol. The maximum Gasteiger partial charge on any atom is 0.226 e. The lowest BCUT2D eigenvalue weighted by Gasteiger charge is -2.34. The number of piperidine rings is 1. The molecule has 2 atom stereocenters. The summed E-state index contributed by atoms with van der Waals surface area (Å²) < 4.78 is 27.1. The highest BCUT2D eigenvalue weighted by Gasteiger charge is 2.47. The van der Waals surface area contributed by atoms with Crippen molar-refractivity contribution in [2.75, 3.05) is 26.3 Å². The Labute approximate surface area is 152 Å². The van der Waals surface area contributed by atoms with Gasteiger partial charge in [-0.15, -0.1) is 0 Å². The van der Waals surface area contributed by atoms with Gasteiger partial charge in [0.15, 0.2) is 5.83 Å². The summed E-state index contributed by atoms with van der Waals surface area (Å²) >= 11 is 0. The summed E-state index contributed by atoms with van der Waals surface area (Å²) in [5, 5.41) is 0. The van der Waals surface area contributed by atoms with Crippen molar-refractivity contribution in [2.45, 2.75) is 25.2 Å². The smallest absolute Gasteiger partial charge is 0.226 e. The van der Waals surface area contributed by atoms with Gasteiger partial charge in [0.2, 0.25) is 5.91 Å². The number of hydrogen-bond donors (Lipinski definition) is 0. The molecular formula is C20H23F2N3O. The summed E-state index contributed by atoms with van der Waals surface area (Å²) in [6.07, 6.45) is 5.33. The van der Waals surface area contributed by atoms with Crippen molar-refractivity contribution in [3.05, 3.63) is 47.7 Å². The van der Waals surface area contributed by atoms with Crippen LogP contribution in [-0.4, -0.2) is 48.2 Å². The number of benzene rings is 1. The lowest BCUT2D eigenvalue weighted by atomic mass is 9.95. The van der Waals surface area contributed by atoms with Gasteiger partial charge in [-0.25, -0.2) is 8.78 Å². The Hall–Kier alpha value is -2.24. The van der Waals surface area contributed by atoms with Gasteiger partial charge in [-0.05, 0) is 42.7 Å². The van der Waals surface area contributed by atoms with Gasteiger partial charge in [0.05, 0.1) is 6.21 Å². The molecule has 0 aromatic heterocycles. The van der Waals surface area contributed by atoms with Crippen molar-refractivity contribution in [3.8, 4) is 0 Å².